The Morgan fingerprint density at radius 3 is 2.24 bits per heavy atom. The van der Waals surface area contributed by atoms with Gasteiger partial charge < -0.3 is 19.7 Å². The van der Waals surface area contributed by atoms with Crippen LogP contribution >= 0.6 is 0 Å². The zero-order valence-corrected chi connectivity index (χ0v) is 32.2. The van der Waals surface area contributed by atoms with Crippen LogP contribution in [0.4, 0.5) is 0 Å². The highest BCUT2D eigenvalue weighted by atomic mass is 32.2. The number of unbranched alkanes of at least 4 members (excludes halogenated alkanes) is 2. The summed E-state index contributed by atoms with van der Waals surface area (Å²) in [5.41, 5.74) is 2.55. The second-order valence-electron chi connectivity index (χ2n) is 13.7. The van der Waals surface area contributed by atoms with E-state index in [0.29, 0.717) is 38.0 Å². The molecule has 2 N–H and O–H groups in total. The molecule has 13 heteroatoms. The van der Waals surface area contributed by atoms with Gasteiger partial charge in [0.15, 0.2) is 0 Å². The van der Waals surface area contributed by atoms with Crippen LogP contribution < -0.4 is 10.0 Å². The first-order valence-corrected chi connectivity index (χ1v) is 20.1. The third-order valence-corrected chi connectivity index (χ3v) is 11.2. The van der Waals surface area contributed by atoms with Crippen LogP contribution in [0.5, 0.6) is 0 Å². The van der Waals surface area contributed by atoms with Gasteiger partial charge in [0.25, 0.3) is 27.7 Å². The van der Waals surface area contributed by atoms with E-state index in [9.17, 15) is 27.6 Å². The Kier molecular flexibility index (Phi) is 12.1. The number of hydrogen-bond donors (Lipinski definition) is 2. The van der Waals surface area contributed by atoms with E-state index in [1.807, 2.05) is 36.4 Å². The molecule has 0 saturated heterocycles. The first-order valence-electron chi connectivity index (χ1n) is 18.7. The van der Waals surface area contributed by atoms with Gasteiger partial charge in [-0.15, -0.1) is 0 Å². The van der Waals surface area contributed by atoms with Crippen LogP contribution in [-0.4, -0.2) is 78.1 Å². The number of aromatic nitrogens is 2. The summed E-state index contributed by atoms with van der Waals surface area (Å²) in [5, 5.41) is 4.15. The van der Waals surface area contributed by atoms with Gasteiger partial charge in [0.1, 0.15) is 18.1 Å². The number of hydrogen-bond acceptors (Lipinski definition) is 7. The first-order chi connectivity index (χ1) is 26.5. The van der Waals surface area contributed by atoms with Crippen molar-refractivity contribution in [3.63, 3.8) is 0 Å². The predicted molar refractivity (Wildman–Crippen MR) is 211 cm³/mol. The summed E-state index contributed by atoms with van der Waals surface area (Å²) in [5.74, 6) is -1.78. The van der Waals surface area contributed by atoms with Gasteiger partial charge in [-0.1, -0.05) is 81.3 Å². The maximum absolute atomic E-state index is 14.6. The Hall–Kier alpha value is -5.82. The van der Waals surface area contributed by atoms with Crippen LogP contribution in [0, 0.1) is 0 Å². The van der Waals surface area contributed by atoms with E-state index in [4.69, 9.17) is 4.98 Å². The van der Waals surface area contributed by atoms with Gasteiger partial charge in [-0.05, 0) is 71.5 Å². The number of nitrogens with zero attached hydrogens (tertiary/aromatic N) is 4. The summed E-state index contributed by atoms with van der Waals surface area (Å²) in [7, 11) is -2.79. The van der Waals surface area contributed by atoms with Crippen LogP contribution in [0.15, 0.2) is 96.0 Å². The van der Waals surface area contributed by atoms with Crippen LogP contribution in [0.2, 0.25) is 0 Å². The highest BCUT2D eigenvalue weighted by Crippen LogP contribution is 2.29. The van der Waals surface area contributed by atoms with Gasteiger partial charge in [-0.25, -0.2) is 18.1 Å². The number of imidazole rings is 1. The summed E-state index contributed by atoms with van der Waals surface area (Å²) >= 11 is 0. The van der Waals surface area contributed by atoms with Crippen LogP contribution in [0.1, 0.15) is 81.9 Å². The minimum absolute atomic E-state index is 0.0695. The van der Waals surface area contributed by atoms with E-state index in [0.717, 1.165) is 42.2 Å². The Balaban J connectivity index is 1.41. The number of sulfonamides is 1. The van der Waals surface area contributed by atoms with Crippen molar-refractivity contribution in [2.75, 3.05) is 26.7 Å². The van der Waals surface area contributed by atoms with Crippen molar-refractivity contribution in [3.05, 3.63) is 119 Å². The van der Waals surface area contributed by atoms with Crippen molar-refractivity contribution in [3.8, 4) is 11.4 Å². The topological polar surface area (TPSA) is 151 Å². The van der Waals surface area contributed by atoms with Gasteiger partial charge in [-0.3, -0.25) is 19.2 Å². The molecule has 4 amide bonds. The van der Waals surface area contributed by atoms with Crippen molar-refractivity contribution in [2.45, 2.75) is 63.9 Å². The third-order valence-electron chi connectivity index (χ3n) is 9.87. The average molecular weight is 763 g/mol. The van der Waals surface area contributed by atoms with Crippen molar-refractivity contribution in [2.24, 2.45) is 0 Å². The molecule has 0 bridgehead atoms. The summed E-state index contributed by atoms with van der Waals surface area (Å²) in [6.07, 6.45) is 5.60. The fourth-order valence-corrected chi connectivity index (χ4v) is 7.74. The minimum Gasteiger partial charge on any atom is -0.358 e. The molecule has 12 nitrogen and oxygen atoms in total. The summed E-state index contributed by atoms with van der Waals surface area (Å²) in [6, 6.07) is 24.0. The second-order valence-corrected chi connectivity index (χ2v) is 15.4. The number of rotatable bonds is 14. The number of likely N-dealkylation sites (N-methyl/N-ethyl adjacent to an activating group) is 1. The van der Waals surface area contributed by atoms with Crippen LogP contribution in [0.25, 0.3) is 22.2 Å². The fourth-order valence-electron chi connectivity index (χ4n) is 6.73. The molecule has 286 valence electrons. The number of carbonyl (C=O) groups is 4. The molecule has 2 heterocycles. The number of fused-ring (bicyclic) bond motifs is 2. The number of amides is 4. The number of nitrogens with one attached hydrogen (secondary N) is 2. The number of carbonyl (C=O) groups excluding carboxylic acids is 4. The smallest absolute Gasteiger partial charge is 0.274 e. The lowest BCUT2D eigenvalue weighted by molar-refractivity contribution is -0.121. The Labute approximate surface area is 321 Å². The standard InChI is InChI=1S/C42H46N6O6S/c1-4-6-21-46(22-7-5-2)42(52)37-27-48(28-38(49)43-3)39(44-37)35-19-17-32(25-36(35)41(51)47-23-20-30-13-9-11-15-33(30)26-47)40(50)45-55(53,54)34-18-16-29-12-8-10-14-31(29)24-34/h8-19,24-25,27H,4-7,20-23,26,28H2,1-3H3,(H,43,49)(H,45,50). The molecule has 1 aliphatic rings. The van der Waals surface area contributed by atoms with Crippen LogP contribution in [0.3, 0.4) is 0 Å². The van der Waals surface area contributed by atoms with Crippen LogP contribution in [-0.2, 0) is 34.3 Å². The Bertz CT molecular complexity index is 2350. The van der Waals surface area contributed by atoms with Crippen molar-refractivity contribution >= 4 is 44.4 Å². The molecular formula is C42H46N6O6S. The predicted octanol–water partition coefficient (Wildman–Crippen LogP) is 5.81. The molecule has 0 spiro atoms. The zero-order valence-electron chi connectivity index (χ0n) is 31.4. The molecule has 1 aromatic heterocycles. The van der Waals surface area contributed by atoms with Gasteiger partial charge in [0, 0.05) is 50.6 Å². The molecule has 4 aromatic carbocycles. The maximum Gasteiger partial charge on any atom is 0.274 e. The molecule has 5 aromatic rings. The Morgan fingerprint density at radius 2 is 1.53 bits per heavy atom. The third kappa shape index (κ3) is 8.78. The normalized spacial score (nSPS) is 12.6. The quantitative estimate of drug-likeness (QED) is 0.145. The molecule has 6 rings (SSSR count). The van der Waals surface area contributed by atoms with E-state index in [2.05, 4.69) is 23.9 Å². The lowest BCUT2D eigenvalue weighted by Crippen LogP contribution is -2.36. The minimum atomic E-state index is -4.30. The lowest BCUT2D eigenvalue weighted by atomic mass is 9.97. The largest absolute Gasteiger partial charge is 0.358 e. The number of benzene rings is 4. The molecule has 0 saturated carbocycles. The summed E-state index contributed by atoms with van der Waals surface area (Å²) in [6.45, 7) is 5.76. The summed E-state index contributed by atoms with van der Waals surface area (Å²) in [4.78, 5) is 63.1. The molecule has 1 aliphatic heterocycles. The maximum atomic E-state index is 14.6. The molecule has 0 aliphatic carbocycles. The van der Waals surface area contributed by atoms with E-state index < -0.39 is 21.8 Å². The van der Waals surface area contributed by atoms with Crippen molar-refractivity contribution in [1.82, 2.24) is 29.4 Å². The van der Waals surface area contributed by atoms with E-state index in [1.54, 1.807) is 28.0 Å². The van der Waals surface area contributed by atoms with Gasteiger partial charge in [0.2, 0.25) is 5.91 Å². The monoisotopic (exact) mass is 762 g/mol. The van der Waals surface area contributed by atoms with E-state index >= 15 is 0 Å². The molecule has 0 radical (unpaired) electrons. The van der Waals surface area contributed by atoms with E-state index in [-0.39, 0.29) is 51.5 Å². The zero-order chi connectivity index (χ0) is 39.1. The molecule has 0 unspecified atom stereocenters. The van der Waals surface area contributed by atoms with Crippen molar-refractivity contribution in [1.29, 1.82) is 0 Å². The molecular weight excluding hydrogens is 717 g/mol. The highest BCUT2D eigenvalue weighted by molar-refractivity contribution is 7.90. The van der Waals surface area contributed by atoms with Gasteiger partial charge in [0.05, 0.1) is 10.5 Å². The second kappa shape index (κ2) is 17.1. The Morgan fingerprint density at radius 1 is 0.836 bits per heavy atom. The average Bonchev–Trinajstić information content (AvgIpc) is 3.62. The summed E-state index contributed by atoms with van der Waals surface area (Å²) < 4.78 is 30.6. The van der Waals surface area contributed by atoms with Crippen molar-refractivity contribution < 1.29 is 27.6 Å². The fraction of sp³-hybridized carbons (Fsp3) is 0.310. The first kappa shape index (κ1) is 38.9. The lowest BCUT2D eigenvalue weighted by Gasteiger charge is -2.29. The molecule has 55 heavy (non-hydrogen) atoms. The van der Waals surface area contributed by atoms with Gasteiger partial charge >= 0.3 is 0 Å². The van der Waals surface area contributed by atoms with Gasteiger partial charge in [-0.2, -0.15) is 0 Å². The molecule has 0 fully saturated rings. The molecule has 0 atom stereocenters. The highest BCUT2D eigenvalue weighted by Gasteiger charge is 2.29. The van der Waals surface area contributed by atoms with E-state index in [1.165, 1.54) is 48.1 Å². The SMILES string of the molecule is CCCCN(CCCC)C(=O)c1cn(CC(=O)NC)c(-c2ccc(C(=O)NS(=O)(=O)c3ccc4ccccc4c3)cc2C(=O)N2CCc3ccccc3C2)n1.